The van der Waals surface area contributed by atoms with Gasteiger partial charge in [-0.15, -0.1) is 0 Å². The molecular weight excluding hydrogens is 516 g/mol. The molecule has 216 valence electrons. The number of aromatic nitrogens is 4. The van der Waals surface area contributed by atoms with E-state index in [9.17, 15) is 5.11 Å². The van der Waals surface area contributed by atoms with E-state index in [0.29, 0.717) is 24.4 Å². The molecule has 2 aromatic heterocycles. The number of nitrogens with one attached hydrogen (secondary N) is 1. The van der Waals surface area contributed by atoms with Crippen molar-refractivity contribution < 1.29 is 9.84 Å². The van der Waals surface area contributed by atoms with E-state index in [1.54, 1.807) is 0 Å². The van der Waals surface area contributed by atoms with E-state index >= 15 is 0 Å². The molecule has 1 aliphatic carbocycles. The standard InChI is InChI=1S/C31H40N8O2/c1-37-15-17-38(18-16-37)24-11-13-25(14-12-24)39-31-28(30(32)34-21-35-31)29(36-39)22-7-9-23(10-8-22)33-19-27(20-40)41-26-5-3-2-4-6-26/h2-10,21,24-25,27,33,40H,11-20H2,1H3,(H2,32,34,35). The van der Waals surface area contributed by atoms with Crippen LogP contribution in [-0.2, 0) is 0 Å². The summed E-state index contributed by atoms with van der Waals surface area (Å²) in [5, 5.41) is 19.1. The highest BCUT2D eigenvalue weighted by Crippen LogP contribution is 2.37. The first-order chi connectivity index (χ1) is 20.1. The van der Waals surface area contributed by atoms with E-state index in [-0.39, 0.29) is 12.7 Å². The molecule has 10 nitrogen and oxygen atoms in total. The lowest BCUT2D eigenvalue weighted by Crippen LogP contribution is -2.49. The summed E-state index contributed by atoms with van der Waals surface area (Å²) in [5.41, 5.74) is 9.90. The summed E-state index contributed by atoms with van der Waals surface area (Å²) < 4.78 is 7.99. The molecule has 1 saturated heterocycles. The van der Waals surface area contributed by atoms with Crippen molar-refractivity contribution in [3.63, 3.8) is 0 Å². The zero-order valence-corrected chi connectivity index (χ0v) is 23.7. The summed E-state index contributed by atoms with van der Waals surface area (Å²) in [5.74, 6) is 1.19. The number of nitrogen functional groups attached to an aromatic ring is 1. The van der Waals surface area contributed by atoms with E-state index in [1.807, 2.05) is 54.6 Å². The SMILES string of the molecule is CN1CCN(C2CCC(n3nc(-c4ccc(NCC(CO)Oc5ccccc5)cc4)c4c(N)ncnc43)CC2)CC1. The molecule has 41 heavy (non-hydrogen) atoms. The minimum absolute atomic E-state index is 0.0834. The number of likely N-dealkylation sites (N-methyl/N-ethyl adjacent to an activating group) is 1. The van der Waals surface area contributed by atoms with Crippen molar-refractivity contribution in [2.45, 2.75) is 43.9 Å². The first kappa shape index (κ1) is 27.4. The summed E-state index contributed by atoms with van der Waals surface area (Å²) in [7, 11) is 2.21. The van der Waals surface area contributed by atoms with Gasteiger partial charge in [0, 0.05) is 43.5 Å². The average molecular weight is 557 g/mol. The highest BCUT2D eigenvalue weighted by atomic mass is 16.5. The molecule has 0 radical (unpaired) electrons. The Kier molecular flexibility index (Phi) is 8.31. The van der Waals surface area contributed by atoms with Crippen molar-refractivity contribution in [3.8, 4) is 17.0 Å². The maximum atomic E-state index is 9.78. The van der Waals surface area contributed by atoms with Gasteiger partial charge in [0.15, 0.2) is 5.65 Å². The van der Waals surface area contributed by atoms with Crippen LogP contribution in [0.25, 0.3) is 22.3 Å². The van der Waals surface area contributed by atoms with Crippen molar-refractivity contribution in [2.75, 3.05) is 57.4 Å². The molecule has 6 rings (SSSR count). The molecule has 2 fully saturated rings. The number of nitrogens with two attached hydrogens (primary N) is 1. The fraction of sp³-hybridized carbons (Fsp3) is 0.452. The molecular formula is C31H40N8O2. The summed E-state index contributed by atoms with van der Waals surface area (Å²) in [6, 6.07) is 18.6. The highest BCUT2D eigenvalue weighted by Gasteiger charge is 2.30. The van der Waals surface area contributed by atoms with Crippen LogP contribution in [0.2, 0.25) is 0 Å². The molecule has 3 heterocycles. The quantitative estimate of drug-likeness (QED) is 0.284. The number of hydrogen-bond acceptors (Lipinski definition) is 9. The third-order valence-electron chi connectivity index (χ3n) is 8.53. The fourth-order valence-corrected chi connectivity index (χ4v) is 6.12. The Morgan fingerprint density at radius 3 is 2.37 bits per heavy atom. The molecule has 4 N–H and O–H groups in total. The Morgan fingerprint density at radius 1 is 0.951 bits per heavy atom. The van der Waals surface area contributed by atoms with Crippen LogP contribution in [0, 0.1) is 0 Å². The van der Waals surface area contributed by atoms with Gasteiger partial charge in [0.05, 0.1) is 24.6 Å². The summed E-state index contributed by atoms with van der Waals surface area (Å²) in [6.07, 6.45) is 5.69. The summed E-state index contributed by atoms with van der Waals surface area (Å²) in [6.45, 7) is 5.02. The number of piperazine rings is 1. The van der Waals surface area contributed by atoms with Gasteiger partial charge in [-0.05, 0) is 57.0 Å². The van der Waals surface area contributed by atoms with Crippen LogP contribution in [0.1, 0.15) is 31.7 Å². The zero-order chi connectivity index (χ0) is 28.2. The molecule has 0 spiro atoms. The molecule has 0 amide bonds. The highest BCUT2D eigenvalue weighted by molar-refractivity contribution is 5.98. The van der Waals surface area contributed by atoms with Gasteiger partial charge >= 0.3 is 0 Å². The Labute approximate surface area is 241 Å². The molecule has 1 atom stereocenters. The average Bonchev–Trinajstić information content (AvgIpc) is 3.41. The number of rotatable bonds is 9. The maximum Gasteiger partial charge on any atom is 0.164 e. The number of hydrogen-bond donors (Lipinski definition) is 3. The van der Waals surface area contributed by atoms with Crippen LogP contribution < -0.4 is 15.8 Å². The number of benzene rings is 2. The van der Waals surface area contributed by atoms with Gasteiger partial charge < -0.3 is 25.8 Å². The normalized spacial score (nSPS) is 21.1. The molecule has 1 aliphatic heterocycles. The van der Waals surface area contributed by atoms with Crippen LogP contribution >= 0.6 is 0 Å². The van der Waals surface area contributed by atoms with Crippen molar-refractivity contribution in [3.05, 3.63) is 60.9 Å². The lowest BCUT2D eigenvalue weighted by Gasteiger charge is -2.41. The summed E-state index contributed by atoms with van der Waals surface area (Å²) in [4.78, 5) is 14.0. The Morgan fingerprint density at radius 2 is 1.66 bits per heavy atom. The molecule has 0 bridgehead atoms. The van der Waals surface area contributed by atoms with E-state index in [1.165, 1.54) is 19.2 Å². The van der Waals surface area contributed by atoms with Gasteiger partial charge in [0.1, 0.15) is 29.7 Å². The predicted octanol–water partition coefficient (Wildman–Crippen LogP) is 3.66. The predicted molar refractivity (Wildman–Crippen MR) is 162 cm³/mol. The topological polar surface area (TPSA) is 118 Å². The minimum Gasteiger partial charge on any atom is -0.486 e. The van der Waals surface area contributed by atoms with Crippen LogP contribution in [0.3, 0.4) is 0 Å². The Hall–Kier alpha value is -3.73. The van der Waals surface area contributed by atoms with Gasteiger partial charge in [-0.3, -0.25) is 4.90 Å². The number of nitrogens with zero attached hydrogens (tertiary/aromatic N) is 6. The smallest absolute Gasteiger partial charge is 0.164 e. The van der Waals surface area contributed by atoms with Crippen molar-refractivity contribution >= 4 is 22.5 Å². The minimum atomic E-state index is -0.361. The molecule has 1 unspecified atom stereocenters. The molecule has 4 aromatic rings. The fourth-order valence-electron chi connectivity index (χ4n) is 6.12. The maximum absolute atomic E-state index is 9.78. The van der Waals surface area contributed by atoms with Crippen molar-refractivity contribution in [2.24, 2.45) is 0 Å². The lowest BCUT2D eigenvalue weighted by atomic mass is 9.90. The molecule has 2 aliphatic rings. The van der Waals surface area contributed by atoms with Crippen molar-refractivity contribution in [1.29, 1.82) is 0 Å². The number of para-hydroxylation sites is 1. The van der Waals surface area contributed by atoms with Gasteiger partial charge in [-0.2, -0.15) is 5.10 Å². The second-order valence-corrected chi connectivity index (χ2v) is 11.2. The molecule has 1 saturated carbocycles. The number of fused-ring (bicyclic) bond motifs is 1. The Balaban J connectivity index is 1.15. The zero-order valence-electron chi connectivity index (χ0n) is 23.7. The molecule has 10 heteroatoms. The van der Waals surface area contributed by atoms with Gasteiger partial charge in [0.2, 0.25) is 0 Å². The number of aliphatic hydroxyl groups is 1. The number of anilines is 2. The second-order valence-electron chi connectivity index (χ2n) is 11.2. The van der Waals surface area contributed by atoms with Crippen molar-refractivity contribution in [1.82, 2.24) is 29.5 Å². The molecule has 2 aromatic carbocycles. The van der Waals surface area contributed by atoms with Crippen LogP contribution in [-0.4, -0.2) is 93.2 Å². The van der Waals surface area contributed by atoms with Crippen LogP contribution in [0.15, 0.2) is 60.9 Å². The summed E-state index contributed by atoms with van der Waals surface area (Å²) >= 11 is 0. The van der Waals surface area contributed by atoms with E-state index in [4.69, 9.17) is 15.6 Å². The Bertz CT molecular complexity index is 1410. The van der Waals surface area contributed by atoms with E-state index < -0.39 is 0 Å². The van der Waals surface area contributed by atoms with Crippen LogP contribution in [0.5, 0.6) is 5.75 Å². The first-order valence-electron chi connectivity index (χ1n) is 14.7. The monoisotopic (exact) mass is 556 g/mol. The number of aliphatic hydroxyl groups excluding tert-OH is 1. The number of ether oxygens (including phenoxy) is 1. The first-order valence-corrected chi connectivity index (χ1v) is 14.7. The van der Waals surface area contributed by atoms with Gasteiger partial charge in [0.25, 0.3) is 0 Å². The largest absolute Gasteiger partial charge is 0.486 e. The van der Waals surface area contributed by atoms with Crippen LogP contribution in [0.4, 0.5) is 11.5 Å². The van der Waals surface area contributed by atoms with E-state index in [2.05, 4.69) is 36.8 Å². The van der Waals surface area contributed by atoms with Gasteiger partial charge in [-0.25, -0.2) is 14.6 Å². The van der Waals surface area contributed by atoms with E-state index in [0.717, 1.165) is 72.7 Å². The second kappa shape index (κ2) is 12.4. The third kappa shape index (κ3) is 6.14. The third-order valence-corrected chi connectivity index (χ3v) is 8.53. The van der Waals surface area contributed by atoms with Gasteiger partial charge in [-0.1, -0.05) is 30.3 Å². The lowest BCUT2D eigenvalue weighted by molar-refractivity contribution is 0.0815.